The SMILES string of the molecule is Cc1ccc(-n2c(S[C@@H](C)C(=O)NC(N)=O)nc3cc(Cl)ccc3c2=O)cc1. The monoisotopic (exact) mass is 416 g/mol. The third-order valence-electron chi connectivity index (χ3n) is 3.99. The zero-order chi connectivity index (χ0) is 20.4. The van der Waals surface area contributed by atoms with Gasteiger partial charge in [-0.25, -0.2) is 9.78 Å². The van der Waals surface area contributed by atoms with Crippen LogP contribution in [0.5, 0.6) is 0 Å². The number of amides is 3. The van der Waals surface area contributed by atoms with Gasteiger partial charge in [0.25, 0.3) is 5.56 Å². The summed E-state index contributed by atoms with van der Waals surface area (Å²) >= 11 is 7.08. The van der Waals surface area contributed by atoms with Gasteiger partial charge in [-0.2, -0.15) is 0 Å². The second kappa shape index (κ2) is 8.04. The number of nitrogens with two attached hydrogens (primary N) is 1. The molecule has 0 spiro atoms. The number of thioether (sulfide) groups is 1. The minimum absolute atomic E-state index is 0.282. The van der Waals surface area contributed by atoms with E-state index in [4.69, 9.17) is 17.3 Å². The van der Waals surface area contributed by atoms with E-state index in [9.17, 15) is 14.4 Å². The Morgan fingerprint density at radius 2 is 1.89 bits per heavy atom. The Bertz CT molecular complexity index is 1130. The number of urea groups is 1. The number of primary amides is 1. The number of aryl methyl sites for hydroxylation is 1. The van der Waals surface area contributed by atoms with Crippen LogP contribution in [0.15, 0.2) is 52.4 Å². The largest absolute Gasteiger partial charge is 0.351 e. The molecule has 0 unspecified atom stereocenters. The molecule has 1 heterocycles. The van der Waals surface area contributed by atoms with Crippen molar-refractivity contribution in [3.05, 3.63) is 63.4 Å². The number of carbonyl (C=O) groups excluding carboxylic acids is 2. The van der Waals surface area contributed by atoms with Crippen LogP contribution in [0, 0.1) is 6.92 Å². The first-order valence-electron chi connectivity index (χ1n) is 8.32. The first-order valence-corrected chi connectivity index (χ1v) is 9.58. The van der Waals surface area contributed by atoms with Crippen molar-refractivity contribution in [2.75, 3.05) is 0 Å². The molecular formula is C19H17ClN4O3S. The summed E-state index contributed by atoms with van der Waals surface area (Å²) in [5, 5.41) is 2.47. The van der Waals surface area contributed by atoms with Gasteiger partial charge in [0.2, 0.25) is 5.91 Å². The molecule has 0 bridgehead atoms. The van der Waals surface area contributed by atoms with Crippen molar-refractivity contribution in [2.24, 2.45) is 5.73 Å². The number of nitrogens with one attached hydrogen (secondary N) is 1. The molecule has 0 aliphatic rings. The van der Waals surface area contributed by atoms with Crippen LogP contribution in [0.3, 0.4) is 0 Å². The molecule has 28 heavy (non-hydrogen) atoms. The Morgan fingerprint density at radius 3 is 2.54 bits per heavy atom. The molecule has 1 atom stereocenters. The third kappa shape index (κ3) is 4.18. The van der Waals surface area contributed by atoms with Crippen molar-refractivity contribution in [1.29, 1.82) is 0 Å². The van der Waals surface area contributed by atoms with Crippen LogP contribution in [0.25, 0.3) is 16.6 Å². The van der Waals surface area contributed by atoms with Crippen molar-refractivity contribution in [3.63, 3.8) is 0 Å². The minimum atomic E-state index is -0.938. The van der Waals surface area contributed by atoms with E-state index in [1.165, 1.54) is 4.57 Å². The molecule has 0 saturated carbocycles. The fourth-order valence-electron chi connectivity index (χ4n) is 2.57. The molecule has 3 aromatic rings. The highest BCUT2D eigenvalue weighted by atomic mass is 35.5. The number of imide groups is 1. The van der Waals surface area contributed by atoms with Gasteiger partial charge in [-0.15, -0.1) is 0 Å². The number of aromatic nitrogens is 2. The van der Waals surface area contributed by atoms with Crippen LogP contribution in [0.2, 0.25) is 5.02 Å². The van der Waals surface area contributed by atoms with E-state index in [0.717, 1.165) is 17.3 Å². The fourth-order valence-corrected chi connectivity index (χ4v) is 3.67. The average molecular weight is 417 g/mol. The second-order valence-electron chi connectivity index (χ2n) is 6.15. The lowest BCUT2D eigenvalue weighted by atomic mass is 10.2. The maximum atomic E-state index is 13.2. The van der Waals surface area contributed by atoms with Crippen molar-refractivity contribution in [3.8, 4) is 5.69 Å². The Hall–Kier alpha value is -2.84. The van der Waals surface area contributed by atoms with Gasteiger partial charge in [0.05, 0.1) is 21.8 Å². The van der Waals surface area contributed by atoms with E-state index in [1.807, 2.05) is 24.4 Å². The van der Waals surface area contributed by atoms with Gasteiger partial charge < -0.3 is 5.73 Å². The first-order chi connectivity index (χ1) is 13.3. The lowest BCUT2D eigenvalue weighted by Gasteiger charge is -2.16. The molecule has 3 rings (SSSR count). The molecule has 0 radical (unpaired) electrons. The molecule has 0 aliphatic carbocycles. The summed E-state index contributed by atoms with van der Waals surface area (Å²) in [5.74, 6) is -0.576. The molecular weight excluding hydrogens is 400 g/mol. The minimum Gasteiger partial charge on any atom is -0.351 e. The highest BCUT2D eigenvalue weighted by Crippen LogP contribution is 2.26. The maximum Gasteiger partial charge on any atom is 0.318 e. The number of benzene rings is 2. The molecule has 9 heteroatoms. The van der Waals surface area contributed by atoms with Crippen molar-refractivity contribution >= 4 is 46.2 Å². The number of hydrogen-bond donors (Lipinski definition) is 2. The van der Waals surface area contributed by atoms with E-state index in [0.29, 0.717) is 26.8 Å². The van der Waals surface area contributed by atoms with Gasteiger partial charge in [-0.1, -0.05) is 41.1 Å². The topological polar surface area (TPSA) is 107 Å². The predicted octanol–water partition coefficient (Wildman–Crippen LogP) is 3.02. The Kier molecular flexibility index (Phi) is 5.71. The van der Waals surface area contributed by atoms with Gasteiger partial charge in [0.15, 0.2) is 5.16 Å². The van der Waals surface area contributed by atoms with Crippen LogP contribution in [-0.2, 0) is 4.79 Å². The average Bonchev–Trinajstić information content (AvgIpc) is 2.62. The van der Waals surface area contributed by atoms with Crippen molar-refractivity contribution < 1.29 is 9.59 Å². The van der Waals surface area contributed by atoms with Gasteiger partial charge in [0, 0.05) is 5.02 Å². The normalized spacial score (nSPS) is 12.0. The van der Waals surface area contributed by atoms with E-state index in [2.05, 4.69) is 4.98 Å². The van der Waals surface area contributed by atoms with Crippen LogP contribution in [0.1, 0.15) is 12.5 Å². The van der Waals surface area contributed by atoms with Crippen LogP contribution < -0.4 is 16.6 Å². The van der Waals surface area contributed by atoms with Crippen LogP contribution in [0.4, 0.5) is 4.79 Å². The Balaban J connectivity index is 2.16. The molecule has 0 fully saturated rings. The molecule has 7 nitrogen and oxygen atoms in total. The number of nitrogens with zero attached hydrogens (tertiary/aromatic N) is 2. The second-order valence-corrected chi connectivity index (χ2v) is 7.89. The molecule has 2 aromatic carbocycles. The van der Waals surface area contributed by atoms with E-state index >= 15 is 0 Å². The highest BCUT2D eigenvalue weighted by molar-refractivity contribution is 8.00. The lowest BCUT2D eigenvalue weighted by molar-refractivity contribution is -0.119. The molecule has 0 aliphatic heterocycles. The number of fused-ring (bicyclic) bond motifs is 1. The summed E-state index contributed by atoms with van der Waals surface area (Å²) in [5.41, 5.74) is 6.81. The highest BCUT2D eigenvalue weighted by Gasteiger charge is 2.21. The quantitative estimate of drug-likeness (QED) is 0.502. The molecule has 0 saturated heterocycles. The predicted molar refractivity (Wildman–Crippen MR) is 110 cm³/mol. The van der Waals surface area contributed by atoms with Crippen molar-refractivity contribution in [1.82, 2.24) is 14.9 Å². The zero-order valence-corrected chi connectivity index (χ0v) is 16.7. The lowest BCUT2D eigenvalue weighted by Crippen LogP contribution is -2.39. The van der Waals surface area contributed by atoms with Crippen molar-refractivity contribution in [2.45, 2.75) is 24.3 Å². The van der Waals surface area contributed by atoms with E-state index in [1.54, 1.807) is 37.3 Å². The molecule has 3 amide bonds. The smallest absolute Gasteiger partial charge is 0.318 e. The van der Waals surface area contributed by atoms with Crippen LogP contribution in [-0.4, -0.2) is 26.7 Å². The summed E-state index contributed by atoms with van der Waals surface area (Å²) in [4.78, 5) is 40.7. The zero-order valence-electron chi connectivity index (χ0n) is 15.1. The number of halogens is 1. The third-order valence-corrected chi connectivity index (χ3v) is 5.28. The summed E-state index contributed by atoms with van der Waals surface area (Å²) < 4.78 is 1.44. The van der Waals surface area contributed by atoms with E-state index < -0.39 is 17.2 Å². The number of rotatable bonds is 4. The van der Waals surface area contributed by atoms with Crippen LogP contribution >= 0.6 is 23.4 Å². The summed E-state index contributed by atoms with van der Waals surface area (Å²) in [7, 11) is 0. The summed E-state index contributed by atoms with van der Waals surface area (Å²) in [6.45, 7) is 3.54. The molecule has 1 aromatic heterocycles. The summed E-state index contributed by atoms with van der Waals surface area (Å²) in [6.07, 6.45) is 0. The Labute approximate surface area is 169 Å². The standard InChI is InChI=1S/C19H17ClN4O3S/c1-10-3-6-13(7-4-10)24-17(26)14-8-5-12(20)9-15(14)22-19(24)28-11(2)16(25)23-18(21)27/h3-9,11H,1-2H3,(H3,21,23,25,27)/t11-/m0/s1. The Morgan fingerprint density at radius 1 is 1.21 bits per heavy atom. The van der Waals surface area contributed by atoms with E-state index in [-0.39, 0.29) is 5.56 Å². The first kappa shape index (κ1) is 19.9. The number of hydrogen-bond acceptors (Lipinski definition) is 5. The van der Waals surface area contributed by atoms with Gasteiger partial charge in [0.1, 0.15) is 0 Å². The summed E-state index contributed by atoms with van der Waals surface area (Å²) in [6, 6.07) is 11.3. The molecule has 144 valence electrons. The van der Waals surface area contributed by atoms with Gasteiger partial charge >= 0.3 is 6.03 Å². The van der Waals surface area contributed by atoms with Gasteiger partial charge in [-0.05, 0) is 44.2 Å². The fraction of sp³-hybridized carbons (Fsp3) is 0.158. The van der Waals surface area contributed by atoms with Gasteiger partial charge in [-0.3, -0.25) is 19.5 Å². The maximum absolute atomic E-state index is 13.2. The number of carbonyl (C=O) groups is 2. The molecule has 3 N–H and O–H groups in total.